The molecule has 5 nitrogen and oxygen atoms in total. The predicted octanol–water partition coefficient (Wildman–Crippen LogP) is 1.81. The normalized spacial score (nSPS) is 10.8. The molecule has 0 amide bonds. The highest BCUT2D eigenvalue weighted by Crippen LogP contribution is 2.12. The maximum atomic E-state index is 5.68. The van der Waals surface area contributed by atoms with Crippen LogP contribution in [0.15, 0.2) is 48.9 Å². The largest absolute Gasteiger partial charge is 0.487 e. The van der Waals surface area contributed by atoms with Gasteiger partial charge in [-0.2, -0.15) is 0 Å². The second-order valence-corrected chi connectivity index (χ2v) is 4.52. The first-order valence-electron chi connectivity index (χ1n) is 6.55. The van der Waals surface area contributed by atoms with Crippen LogP contribution in [0.4, 0.5) is 0 Å². The van der Waals surface area contributed by atoms with Crippen molar-refractivity contribution in [1.29, 1.82) is 0 Å². The Morgan fingerprint density at radius 1 is 1.15 bits per heavy atom. The standard InChI is InChI=1S/C15H16N4O/c16-7-6-12-9-19-11-17-13(8-15(19)18-12)10-20-14-4-2-1-3-5-14/h1-5,8-9,11H,6-7,10,16H2. The summed E-state index contributed by atoms with van der Waals surface area (Å²) < 4.78 is 7.58. The smallest absolute Gasteiger partial charge is 0.140 e. The van der Waals surface area contributed by atoms with Gasteiger partial charge in [0.25, 0.3) is 0 Å². The maximum Gasteiger partial charge on any atom is 0.140 e. The minimum Gasteiger partial charge on any atom is -0.487 e. The molecule has 3 rings (SSSR count). The van der Waals surface area contributed by atoms with E-state index in [1.807, 2.05) is 47.0 Å². The van der Waals surface area contributed by atoms with Gasteiger partial charge >= 0.3 is 0 Å². The first-order valence-corrected chi connectivity index (χ1v) is 6.55. The Hall–Kier alpha value is -2.40. The van der Waals surface area contributed by atoms with Crippen molar-refractivity contribution in [2.45, 2.75) is 13.0 Å². The molecule has 0 bridgehead atoms. The first kappa shape index (κ1) is 12.6. The van der Waals surface area contributed by atoms with Gasteiger partial charge in [-0.15, -0.1) is 0 Å². The van der Waals surface area contributed by atoms with E-state index in [0.29, 0.717) is 13.2 Å². The number of nitrogens with two attached hydrogens (primary N) is 1. The lowest BCUT2D eigenvalue weighted by Gasteiger charge is -2.05. The molecule has 0 aliphatic rings. The van der Waals surface area contributed by atoms with Gasteiger partial charge in [-0.1, -0.05) is 18.2 Å². The van der Waals surface area contributed by atoms with E-state index in [0.717, 1.165) is 29.2 Å². The van der Waals surface area contributed by atoms with E-state index in [1.165, 1.54) is 0 Å². The zero-order valence-corrected chi connectivity index (χ0v) is 11.1. The number of para-hydroxylation sites is 1. The van der Waals surface area contributed by atoms with Crippen LogP contribution in [0.5, 0.6) is 5.75 Å². The molecule has 0 atom stereocenters. The Morgan fingerprint density at radius 2 is 2.00 bits per heavy atom. The van der Waals surface area contributed by atoms with Crippen molar-refractivity contribution < 1.29 is 4.74 Å². The Balaban J connectivity index is 1.75. The van der Waals surface area contributed by atoms with E-state index < -0.39 is 0 Å². The van der Waals surface area contributed by atoms with Gasteiger partial charge in [0.15, 0.2) is 0 Å². The molecule has 102 valence electrons. The van der Waals surface area contributed by atoms with E-state index in [-0.39, 0.29) is 0 Å². The molecule has 5 heteroatoms. The molecule has 2 N–H and O–H groups in total. The van der Waals surface area contributed by atoms with Gasteiger partial charge in [0, 0.05) is 18.7 Å². The van der Waals surface area contributed by atoms with Crippen LogP contribution in [0, 0.1) is 0 Å². The fourth-order valence-electron chi connectivity index (χ4n) is 2.00. The number of rotatable bonds is 5. The highest BCUT2D eigenvalue weighted by atomic mass is 16.5. The molecule has 2 heterocycles. The SMILES string of the molecule is NCCc1cn2cnc(COc3ccccc3)cc2n1. The van der Waals surface area contributed by atoms with E-state index in [1.54, 1.807) is 6.33 Å². The van der Waals surface area contributed by atoms with Crippen molar-refractivity contribution in [2.24, 2.45) is 5.73 Å². The maximum absolute atomic E-state index is 5.68. The summed E-state index contributed by atoms with van der Waals surface area (Å²) in [5.74, 6) is 0.835. The Bertz CT molecular complexity index is 693. The minimum absolute atomic E-state index is 0.430. The van der Waals surface area contributed by atoms with Crippen molar-refractivity contribution in [3.63, 3.8) is 0 Å². The van der Waals surface area contributed by atoms with Crippen LogP contribution in [0.2, 0.25) is 0 Å². The number of nitrogens with zero attached hydrogens (tertiary/aromatic N) is 3. The third kappa shape index (κ3) is 2.78. The van der Waals surface area contributed by atoms with Gasteiger partial charge < -0.3 is 10.5 Å². The molecule has 3 aromatic rings. The molecule has 0 aliphatic carbocycles. The number of hydrogen-bond acceptors (Lipinski definition) is 4. The zero-order chi connectivity index (χ0) is 13.8. The van der Waals surface area contributed by atoms with Crippen molar-refractivity contribution in [3.05, 3.63) is 60.3 Å². The van der Waals surface area contributed by atoms with E-state index >= 15 is 0 Å². The first-order chi connectivity index (χ1) is 9.85. The highest BCUT2D eigenvalue weighted by molar-refractivity contribution is 5.40. The molecule has 2 aromatic heterocycles. The fraction of sp³-hybridized carbons (Fsp3) is 0.200. The monoisotopic (exact) mass is 268 g/mol. The molecular weight excluding hydrogens is 252 g/mol. The number of ether oxygens (including phenoxy) is 1. The lowest BCUT2D eigenvalue weighted by atomic mass is 10.3. The summed E-state index contributed by atoms with van der Waals surface area (Å²) in [5.41, 5.74) is 8.24. The lowest BCUT2D eigenvalue weighted by molar-refractivity contribution is 0.301. The number of benzene rings is 1. The predicted molar refractivity (Wildman–Crippen MR) is 76.5 cm³/mol. The van der Waals surface area contributed by atoms with Crippen LogP contribution < -0.4 is 10.5 Å². The molecule has 0 fully saturated rings. The number of aromatic nitrogens is 3. The minimum atomic E-state index is 0.430. The van der Waals surface area contributed by atoms with Crippen LogP contribution in [0.3, 0.4) is 0 Å². The number of hydrogen-bond donors (Lipinski definition) is 1. The molecular formula is C15H16N4O. The second kappa shape index (κ2) is 5.71. The van der Waals surface area contributed by atoms with Crippen molar-refractivity contribution in [3.8, 4) is 5.75 Å². The summed E-state index contributed by atoms with van der Waals surface area (Å²) >= 11 is 0. The number of imidazole rings is 1. The molecule has 0 spiro atoms. The Morgan fingerprint density at radius 3 is 2.80 bits per heavy atom. The highest BCUT2D eigenvalue weighted by Gasteiger charge is 2.03. The van der Waals surface area contributed by atoms with Gasteiger partial charge in [-0.05, 0) is 18.7 Å². The van der Waals surface area contributed by atoms with Crippen LogP contribution in [0.25, 0.3) is 5.65 Å². The van der Waals surface area contributed by atoms with Crippen LogP contribution in [-0.4, -0.2) is 20.9 Å². The quantitative estimate of drug-likeness (QED) is 0.766. The summed E-state index contributed by atoms with van der Waals surface area (Å²) in [5, 5.41) is 0. The molecule has 0 saturated carbocycles. The zero-order valence-electron chi connectivity index (χ0n) is 11.1. The van der Waals surface area contributed by atoms with Crippen molar-refractivity contribution >= 4 is 5.65 Å². The fourth-order valence-corrected chi connectivity index (χ4v) is 2.00. The van der Waals surface area contributed by atoms with Crippen LogP contribution in [-0.2, 0) is 13.0 Å². The summed E-state index contributed by atoms with van der Waals surface area (Å²) in [6.07, 6.45) is 4.49. The Kier molecular flexibility index (Phi) is 3.60. The molecule has 0 unspecified atom stereocenters. The van der Waals surface area contributed by atoms with Gasteiger partial charge in [0.1, 0.15) is 24.3 Å². The van der Waals surface area contributed by atoms with Gasteiger partial charge in [-0.3, -0.25) is 4.40 Å². The number of fused-ring (bicyclic) bond motifs is 1. The molecule has 0 saturated heterocycles. The van der Waals surface area contributed by atoms with Crippen molar-refractivity contribution in [2.75, 3.05) is 6.54 Å². The molecule has 1 aromatic carbocycles. The third-order valence-corrected chi connectivity index (χ3v) is 2.98. The third-order valence-electron chi connectivity index (χ3n) is 2.98. The molecule has 0 radical (unpaired) electrons. The van der Waals surface area contributed by atoms with E-state index in [9.17, 15) is 0 Å². The van der Waals surface area contributed by atoms with Crippen LogP contribution in [0.1, 0.15) is 11.4 Å². The van der Waals surface area contributed by atoms with Crippen molar-refractivity contribution in [1.82, 2.24) is 14.4 Å². The summed E-state index contributed by atoms with van der Waals surface area (Å²) in [4.78, 5) is 8.87. The lowest BCUT2D eigenvalue weighted by Crippen LogP contribution is -2.02. The Labute approximate surface area is 117 Å². The topological polar surface area (TPSA) is 65.4 Å². The average molecular weight is 268 g/mol. The van der Waals surface area contributed by atoms with E-state index in [2.05, 4.69) is 9.97 Å². The average Bonchev–Trinajstić information content (AvgIpc) is 2.88. The summed E-state index contributed by atoms with van der Waals surface area (Å²) in [6, 6.07) is 11.6. The summed E-state index contributed by atoms with van der Waals surface area (Å²) in [7, 11) is 0. The van der Waals surface area contributed by atoms with Gasteiger partial charge in [-0.25, -0.2) is 9.97 Å². The van der Waals surface area contributed by atoms with Gasteiger partial charge in [0.2, 0.25) is 0 Å². The molecule has 20 heavy (non-hydrogen) atoms. The van der Waals surface area contributed by atoms with Crippen LogP contribution >= 0.6 is 0 Å². The van der Waals surface area contributed by atoms with E-state index in [4.69, 9.17) is 10.5 Å². The summed E-state index contributed by atoms with van der Waals surface area (Å²) in [6.45, 7) is 1.03. The molecule has 0 aliphatic heterocycles. The second-order valence-electron chi connectivity index (χ2n) is 4.52. The van der Waals surface area contributed by atoms with Gasteiger partial charge in [0.05, 0.1) is 11.4 Å².